The van der Waals surface area contributed by atoms with Crippen molar-refractivity contribution >= 4 is 16.9 Å². The number of nitrogens with one attached hydrogen (secondary N) is 1. The molecule has 1 aliphatic carbocycles. The summed E-state index contributed by atoms with van der Waals surface area (Å²) in [5.41, 5.74) is 2.46. The van der Waals surface area contributed by atoms with Crippen LogP contribution in [0.4, 0.5) is 0 Å². The Labute approximate surface area is 182 Å². The van der Waals surface area contributed by atoms with Gasteiger partial charge in [-0.05, 0) is 75.5 Å². The summed E-state index contributed by atoms with van der Waals surface area (Å²) in [6, 6.07) is 3.97. The van der Waals surface area contributed by atoms with Gasteiger partial charge in [0.05, 0.1) is 18.1 Å². The van der Waals surface area contributed by atoms with Crippen molar-refractivity contribution in [3.05, 3.63) is 39.2 Å². The van der Waals surface area contributed by atoms with Crippen molar-refractivity contribution in [1.82, 2.24) is 5.32 Å². The Morgan fingerprint density at radius 1 is 1.16 bits per heavy atom. The highest BCUT2D eigenvalue weighted by molar-refractivity contribution is 5.86. The maximum absolute atomic E-state index is 12.7. The number of ether oxygens (including phenoxy) is 2. The Bertz CT molecular complexity index is 1040. The highest BCUT2D eigenvalue weighted by atomic mass is 16.5. The van der Waals surface area contributed by atoms with Crippen molar-refractivity contribution in [2.75, 3.05) is 13.2 Å². The molecule has 3 aliphatic rings. The number of aryl methyl sites for hydroxylation is 2. The van der Waals surface area contributed by atoms with Gasteiger partial charge in [-0.25, -0.2) is 4.79 Å². The standard InChI is InChI=1S/C25H31NO5/c1-16-19-12-17-7-10-25(8-3-2-4-9-25)31-21(17)14-22(19)30-24(28)20(16)13-23(27)26-15-18-6-5-11-29-18/h12,14,18H,2-11,13,15H2,1H3,(H,26,27)/t18-/m0/s1. The topological polar surface area (TPSA) is 77.8 Å². The molecule has 0 bridgehead atoms. The fourth-order valence-electron chi connectivity index (χ4n) is 5.41. The third-order valence-electron chi connectivity index (χ3n) is 7.30. The summed E-state index contributed by atoms with van der Waals surface area (Å²) < 4.78 is 17.7. The number of rotatable bonds is 4. The smallest absolute Gasteiger partial charge is 0.340 e. The van der Waals surface area contributed by atoms with E-state index in [0.29, 0.717) is 17.7 Å². The van der Waals surface area contributed by atoms with Gasteiger partial charge in [0.15, 0.2) is 0 Å². The van der Waals surface area contributed by atoms with E-state index in [-0.39, 0.29) is 24.0 Å². The van der Waals surface area contributed by atoms with Gasteiger partial charge in [0.1, 0.15) is 16.9 Å². The Morgan fingerprint density at radius 3 is 2.77 bits per heavy atom. The lowest BCUT2D eigenvalue weighted by atomic mass is 9.79. The number of hydrogen-bond donors (Lipinski definition) is 1. The second-order valence-corrected chi connectivity index (χ2v) is 9.41. The summed E-state index contributed by atoms with van der Waals surface area (Å²) in [5, 5.41) is 3.79. The SMILES string of the molecule is Cc1c(CC(=O)NC[C@@H]2CCCO2)c(=O)oc2cc3c(cc12)CCC1(CCCCC1)O3. The fraction of sp³-hybridized carbons (Fsp3) is 0.600. The molecule has 2 aromatic rings. The monoisotopic (exact) mass is 425 g/mol. The van der Waals surface area contributed by atoms with Crippen LogP contribution in [0, 0.1) is 6.92 Å². The van der Waals surface area contributed by atoms with Crippen molar-refractivity contribution in [1.29, 1.82) is 0 Å². The number of hydrogen-bond acceptors (Lipinski definition) is 5. The maximum atomic E-state index is 12.7. The first kappa shape index (κ1) is 20.6. The molecule has 31 heavy (non-hydrogen) atoms. The van der Waals surface area contributed by atoms with E-state index in [1.54, 1.807) is 0 Å². The van der Waals surface area contributed by atoms with Crippen LogP contribution in [-0.4, -0.2) is 30.8 Å². The minimum atomic E-state index is -0.444. The second kappa shape index (κ2) is 8.30. The first-order chi connectivity index (χ1) is 15.0. The molecule has 3 heterocycles. The minimum absolute atomic E-state index is 0.0214. The van der Waals surface area contributed by atoms with E-state index in [9.17, 15) is 9.59 Å². The number of amides is 1. The zero-order valence-electron chi connectivity index (χ0n) is 18.3. The predicted molar refractivity (Wildman–Crippen MR) is 118 cm³/mol. The Hall–Kier alpha value is -2.34. The Kier molecular flexibility index (Phi) is 5.51. The van der Waals surface area contributed by atoms with Gasteiger partial charge in [0.2, 0.25) is 5.91 Å². The zero-order valence-corrected chi connectivity index (χ0v) is 18.3. The summed E-state index contributed by atoms with van der Waals surface area (Å²) in [4.78, 5) is 25.1. The molecule has 1 aromatic heterocycles. The quantitative estimate of drug-likeness (QED) is 0.750. The third kappa shape index (κ3) is 4.10. The lowest BCUT2D eigenvalue weighted by Gasteiger charge is -2.41. The number of fused-ring (bicyclic) bond motifs is 2. The third-order valence-corrected chi connectivity index (χ3v) is 7.30. The summed E-state index contributed by atoms with van der Waals surface area (Å²) in [5.74, 6) is 0.677. The molecule has 1 aromatic carbocycles. The van der Waals surface area contributed by atoms with Crippen LogP contribution >= 0.6 is 0 Å². The van der Waals surface area contributed by atoms with Crippen LogP contribution in [0.2, 0.25) is 0 Å². The van der Waals surface area contributed by atoms with E-state index < -0.39 is 5.63 Å². The van der Waals surface area contributed by atoms with Gasteiger partial charge >= 0.3 is 5.63 Å². The number of carbonyl (C=O) groups is 1. The highest BCUT2D eigenvalue weighted by Crippen LogP contribution is 2.43. The normalized spacial score (nSPS) is 22.3. The van der Waals surface area contributed by atoms with E-state index in [0.717, 1.165) is 67.4 Å². The molecule has 1 N–H and O–H groups in total. The van der Waals surface area contributed by atoms with Crippen LogP contribution in [0.25, 0.3) is 11.0 Å². The summed E-state index contributed by atoms with van der Waals surface area (Å²) in [6.07, 6.45) is 10.0. The van der Waals surface area contributed by atoms with Gasteiger partial charge in [-0.2, -0.15) is 0 Å². The van der Waals surface area contributed by atoms with Crippen LogP contribution < -0.4 is 15.7 Å². The van der Waals surface area contributed by atoms with E-state index in [1.807, 2.05) is 13.0 Å². The summed E-state index contributed by atoms with van der Waals surface area (Å²) in [7, 11) is 0. The van der Waals surface area contributed by atoms with Gasteiger partial charge in [-0.15, -0.1) is 0 Å². The van der Waals surface area contributed by atoms with Gasteiger partial charge < -0.3 is 19.2 Å². The number of carbonyl (C=O) groups excluding carboxylic acids is 1. The average Bonchev–Trinajstić information content (AvgIpc) is 3.28. The first-order valence-electron chi connectivity index (χ1n) is 11.7. The molecule has 6 nitrogen and oxygen atoms in total. The fourth-order valence-corrected chi connectivity index (χ4v) is 5.41. The minimum Gasteiger partial charge on any atom is -0.487 e. The van der Waals surface area contributed by atoms with Crippen LogP contribution in [0.1, 0.15) is 68.1 Å². The largest absolute Gasteiger partial charge is 0.487 e. The second-order valence-electron chi connectivity index (χ2n) is 9.41. The summed E-state index contributed by atoms with van der Waals surface area (Å²) >= 11 is 0. The van der Waals surface area contributed by atoms with Crippen molar-refractivity contribution in [3.8, 4) is 5.75 Å². The molecule has 1 spiro atoms. The molecule has 2 fully saturated rings. The molecule has 5 rings (SSSR count). The van der Waals surface area contributed by atoms with E-state index in [1.165, 1.54) is 19.3 Å². The molecule has 2 aliphatic heterocycles. The van der Waals surface area contributed by atoms with Crippen molar-refractivity contribution in [2.45, 2.75) is 82.8 Å². The number of benzene rings is 1. The molecule has 1 saturated heterocycles. The van der Waals surface area contributed by atoms with Gasteiger partial charge in [-0.1, -0.05) is 6.42 Å². The molecule has 1 saturated carbocycles. The van der Waals surface area contributed by atoms with Crippen LogP contribution in [0.3, 0.4) is 0 Å². The lowest BCUT2D eigenvalue weighted by molar-refractivity contribution is -0.121. The summed E-state index contributed by atoms with van der Waals surface area (Å²) in [6.45, 7) is 3.15. The molecular weight excluding hydrogens is 394 g/mol. The van der Waals surface area contributed by atoms with Gasteiger partial charge in [-0.3, -0.25) is 4.79 Å². The predicted octanol–water partition coefficient (Wildman–Crippen LogP) is 3.97. The van der Waals surface area contributed by atoms with Crippen LogP contribution in [-0.2, 0) is 22.4 Å². The molecule has 1 atom stereocenters. The van der Waals surface area contributed by atoms with Gasteiger partial charge in [0.25, 0.3) is 0 Å². The Balaban J connectivity index is 1.38. The molecule has 6 heteroatoms. The van der Waals surface area contributed by atoms with Crippen LogP contribution in [0.15, 0.2) is 21.3 Å². The first-order valence-corrected chi connectivity index (χ1v) is 11.7. The maximum Gasteiger partial charge on any atom is 0.340 e. The zero-order chi connectivity index (χ0) is 21.4. The van der Waals surface area contributed by atoms with E-state index >= 15 is 0 Å². The molecule has 1 amide bonds. The van der Waals surface area contributed by atoms with Crippen molar-refractivity contribution < 1.29 is 18.7 Å². The molecule has 0 unspecified atom stereocenters. The van der Waals surface area contributed by atoms with Gasteiger partial charge in [0, 0.05) is 24.6 Å². The highest BCUT2D eigenvalue weighted by Gasteiger charge is 2.37. The van der Waals surface area contributed by atoms with Crippen LogP contribution in [0.5, 0.6) is 5.75 Å². The molecule has 0 radical (unpaired) electrons. The average molecular weight is 426 g/mol. The van der Waals surface area contributed by atoms with Crippen molar-refractivity contribution in [3.63, 3.8) is 0 Å². The van der Waals surface area contributed by atoms with E-state index in [2.05, 4.69) is 11.4 Å². The molecule has 166 valence electrons. The van der Waals surface area contributed by atoms with Crippen molar-refractivity contribution in [2.24, 2.45) is 0 Å². The molecular formula is C25H31NO5. The lowest BCUT2D eigenvalue weighted by Crippen LogP contribution is -2.41. The van der Waals surface area contributed by atoms with E-state index in [4.69, 9.17) is 13.9 Å². The Morgan fingerprint density at radius 2 is 2.00 bits per heavy atom.